The normalized spacial score (nSPS) is 16.4. The van der Waals surface area contributed by atoms with Gasteiger partial charge in [-0.2, -0.15) is 0 Å². The van der Waals surface area contributed by atoms with E-state index in [-0.39, 0.29) is 36.3 Å². The number of hydrogen-bond donors (Lipinski definition) is 1. The number of pyridine rings is 1. The summed E-state index contributed by atoms with van der Waals surface area (Å²) in [6.45, 7) is 2.55. The van der Waals surface area contributed by atoms with Crippen molar-refractivity contribution in [2.24, 2.45) is 0 Å². The lowest BCUT2D eigenvalue weighted by Gasteiger charge is -2.19. The van der Waals surface area contributed by atoms with Crippen LogP contribution in [0.3, 0.4) is 0 Å². The van der Waals surface area contributed by atoms with Gasteiger partial charge in [0.2, 0.25) is 11.8 Å². The maximum absolute atomic E-state index is 12.4. The molecule has 0 bridgehead atoms. The van der Waals surface area contributed by atoms with Gasteiger partial charge in [-0.15, -0.1) is 0 Å². The number of amides is 2. The molecule has 1 aliphatic heterocycles. The molecule has 1 aromatic carbocycles. The molecule has 2 aromatic rings. The van der Waals surface area contributed by atoms with Crippen LogP contribution in [-0.2, 0) is 16.1 Å². The number of carbonyl (C=O) groups is 2. The molecule has 2 heterocycles. The third-order valence-electron chi connectivity index (χ3n) is 4.70. The van der Waals surface area contributed by atoms with Gasteiger partial charge in [0, 0.05) is 37.7 Å². The van der Waals surface area contributed by atoms with Crippen molar-refractivity contribution in [1.82, 2.24) is 9.88 Å². The lowest BCUT2D eigenvalue weighted by Crippen LogP contribution is -2.38. The number of nitrogens with zero attached hydrogens (tertiary/aromatic N) is 2. The molecule has 7 heteroatoms. The van der Waals surface area contributed by atoms with Gasteiger partial charge < -0.3 is 19.5 Å². The minimum absolute atomic E-state index is 0.0556. The molecule has 1 N–H and O–H groups in total. The van der Waals surface area contributed by atoms with Gasteiger partial charge >= 0.3 is 0 Å². The zero-order valence-corrected chi connectivity index (χ0v) is 15.5. The van der Waals surface area contributed by atoms with Crippen LogP contribution < -0.4 is 20.5 Å². The van der Waals surface area contributed by atoms with Crippen molar-refractivity contribution in [3.8, 4) is 5.75 Å². The minimum atomic E-state index is -0.261. The standard InChI is InChI=1S/C20H23N3O4/c1-14-6-5-9-19(25)22(14)11-10-18(24)21-15-12-20(26)23(13-15)16-7-3-4-8-17(16)27-2/h3-9,15H,10-13H2,1-2H3,(H,21,24)/t15-/m0/s1. The van der Waals surface area contributed by atoms with E-state index in [2.05, 4.69) is 5.32 Å². The van der Waals surface area contributed by atoms with E-state index in [0.29, 0.717) is 24.5 Å². The number of benzene rings is 1. The van der Waals surface area contributed by atoms with E-state index < -0.39 is 0 Å². The number of rotatable bonds is 6. The van der Waals surface area contributed by atoms with Gasteiger partial charge in [0.15, 0.2) is 0 Å². The number of hydrogen-bond acceptors (Lipinski definition) is 4. The summed E-state index contributed by atoms with van der Waals surface area (Å²) in [7, 11) is 1.56. The molecule has 1 fully saturated rings. The Morgan fingerprint density at radius 1 is 1.19 bits per heavy atom. The zero-order chi connectivity index (χ0) is 19.4. The number of methoxy groups -OCH3 is 1. The van der Waals surface area contributed by atoms with Crippen molar-refractivity contribution in [2.75, 3.05) is 18.6 Å². The Balaban J connectivity index is 1.60. The summed E-state index contributed by atoms with van der Waals surface area (Å²) in [6, 6.07) is 12.1. The second-order valence-corrected chi connectivity index (χ2v) is 6.55. The van der Waals surface area contributed by atoms with Gasteiger partial charge in [-0.1, -0.05) is 18.2 Å². The molecule has 0 radical (unpaired) electrons. The Labute approximate surface area is 157 Å². The van der Waals surface area contributed by atoms with Crippen LogP contribution in [0.1, 0.15) is 18.5 Å². The van der Waals surface area contributed by atoms with Crippen LogP contribution in [0.15, 0.2) is 47.3 Å². The summed E-state index contributed by atoms with van der Waals surface area (Å²) in [4.78, 5) is 38.2. The maximum Gasteiger partial charge on any atom is 0.250 e. The third-order valence-corrected chi connectivity index (χ3v) is 4.70. The molecule has 142 valence electrons. The van der Waals surface area contributed by atoms with Gasteiger partial charge in [0.25, 0.3) is 5.56 Å². The summed E-state index contributed by atoms with van der Waals surface area (Å²) in [6.07, 6.45) is 0.429. The molecule has 1 saturated heterocycles. The fourth-order valence-corrected chi connectivity index (χ4v) is 3.31. The Morgan fingerprint density at radius 3 is 2.70 bits per heavy atom. The zero-order valence-electron chi connectivity index (χ0n) is 15.5. The smallest absolute Gasteiger partial charge is 0.250 e. The first-order valence-electron chi connectivity index (χ1n) is 8.89. The Bertz CT molecular complexity index is 906. The molecule has 0 unspecified atom stereocenters. The molecule has 1 atom stereocenters. The largest absolute Gasteiger partial charge is 0.495 e. The van der Waals surface area contributed by atoms with Crippen molar-refractivity contribution < 1.29 is 14.3 Å². The molecule has 0 saturated carbocycles. The monoisotopic (exact) mass is 369 g/mol. The van der Waals surface area contributed by atoms with Crippen molar-refractivity contribution in [2.45, 2.75) is 32.4 Å². The highest BCUT2D eigenvalue weighted by Gasteiger charge is 2.32. The summed E-state index contributed by atoms with van der Waals surface area (Å²) in [5.74, 6) is 0.390. The highest BCUT2D eigenvalue weighted by molar-refractivity contribution is 5.98. The quantitative estimate of drug-likeness (QED) is 0.836. The van der Waals surface area contributed by atoms with Crippen molar-refractivity contribution in [1.29, 1.82) is 0 Å². The summed E-state index contributed by atoms with van der Waals surface area (Å²) in [5.41, 5.74) is 1.39. The molecule has 3 rings (SSSR count). The SMILES string of the molecule is COc1ccccc1N1C[C@@H](NC(=O)CCn2c(C)cccc2=O)CC1=O. The highest BCUT2D eigenvalue weighted by Crippen LogP contribution is 2.30. The maximum atomic E-state index is 12.4. The molecule has 0 spiro atoms. The number of aromatic nitrogens is 1. The van der Waals surface area contributed by atoms with Gasteiger partial charge in [-0.3, -0.25) is 14.4 Å². The highest BCUT2D eigenvalue weighted by atomic mass is 16.5. The lowest BCUT2D eigenvalue weighted by molar-refractivity contribution is -0.122. The van der Waals surface area contributed by atoms with Crippen molar-refractivity contribution in [3.05, 3.63) is 58.5 Å². The minimum Gasteiger partial charge on any atom is -0.495 e. The summed E-state index contributed by atoms with van der Waals surface area (Å²) >= 11 is 0. The van der Waals surface area contributed by atoms with E-state index in [0.717, 1.165) is 5.69 Å². The molecule has 2 amide bonds. The van der Waals surface area contributed by atoms with E-state index in [9.17, 15) is 14.4 Å². The van der Waals surface area contributed by atoms with Gasteiger partial charge in [-0.25, -0.2) is 0 Å². The van der Waals surface area contributed by atoms with Crippen molar-refractivity contribution in [3.63, 3.8) is 0 Å². The first kappa shape index (κ1) is 18.7. The molecule has 1 aromatic heterocycles. The fraction of sp³-hybridized carbons (Fsp3) is 0.350. The Kier molecular flexibility index (Phi) is 5.59. The number of para-hydroxylation sites is 2. The topological polar surface area (TPSA) is 80.6 Å². The van der Waals surface area contributed by atoms with Crippen LogP contribution in [0.25, 0.3) is 0 Å². The van der Waals surface area contributed by atoms with Gasteiger partial charge in [0.1, 0.15) is 5.75 Å². The molecular formula is C20H23N3O4. The van der Waals surface area contributed by atoms with Crippen LogP contribution in [0.4, 0.5) is 5.69 Å². The summed E-state index contributed by atoms with van der Waals surface area (Å²) in [5, 5.41) is 2.90. The third kappa shape index (κ3) is 4.19. The fourth-order valence-electron chi connectivity index (χ4n) is 3.31. The first-order valence-corrected chi connectivity index (χ1v) is 8.89. The average Bonchev–Trinajstić information content (AvgIpc) is 3.01. The van der Waals surface area contributed by atoms with Crippen LogP contribution in [0, 0.1) is 6.92 Å². The van der Waals surface area contributed by atoms with E-state index in [1.54, 1.807) is 28.7 Å². The van der Waals surface area contributed by atoms with Crippen LogP contribution in [-0.4, -0.2) is 36.1 Å². The van der Waals surface area contributed by atoms with E-state index >= 15 is 0 Å². The number of anilines is 1. The van der Waals surface area contributed by atoms with Crippen LogP contribution in [0.5, 0.6) is 5.75 Å². The van der Waals surface area contributed by atoms with E-state index in [1.165, 1.54) is 6.07 Å². The molecule has 0 aliphatic carbocycles. The van der Waals surface area contributed by atoms with Crippen LogP contribution in [0.2, 0.25) is 0 Å². The molecule has 7 nitrogen and oxygen atoms in total. The number of nitrogens with one attached hydrogen (secondary N) is 1. The van der Waals surface area contributed by atoms with Gasteiger partial charge in [-0.05, 0) is 25.1 Å². The lowest BCUT2D eigenvalue weighted by atomic mass is 10.2. The molecular weight excluding hydrogens is 346 g/mol. The van der Waals surface area contributed by atoms with Gasteiger partial charge in [0.05, 0.1) is 18.8 Å². The molecule has 27 heavy (non-hydrogen) atoms. The number of ether oxygens (including phenoxy) is 1. The Hall–Kier alpha value is -3.09. The average molecular weight is 369 g/mol. The number of carbonyl (C=O) groups excluding carboxylic acids is 2. The Morgan fingerprint density at radius 2 is 1.96 bits per heavy atom. The first-order chi connectivity index (χ1) is 13.0. The number of aryl methyl sites for hydroxylation is 1. The van der Waals surface area contributed by atoms with Crippen molar-refractivity contribution >= 4 is 17.5 Å². The predicted octanol–water partition coefficient (Wildman–Crippen LogP) is 1.48. The summed E-state index contributed by atoms with van der Waals surface area (Å²) < 4.78 is 6.89. The predicted molar refractivity (Wildman–Crippen MR) is 102 cm³/mol. The van der Waals surface area contributed by atoms with E-state index in [1.807, 2.05) is 31.2 Å². The second kappa shape index (κ2) is 8.07. The molecule has 1 aliphatic rings. The van der Waals surface area contributed by atoms with Crippen LogP contribution >= 0.6 is 0 Å². The second-order valence-electron chi connectivity index (χ2n) is 6.55. The van der Waals surface area contributed by atoms with E-state index in [4.69, 9.17) is 4.74 Å².